The number of nitrogens with one attached hydrogen (secondary N) is 1. The fourth-order valence-corrected chi connectivity index (χ4v) is 1.04. The summed E-state index contributed by atoms with van der Waals surface area (Å²) < 4.78 is 4.91. The number of rotatable bonds is 2. The molecule has 0 spiro atoms. The van der Waals surface area contributed by atoms with Crippen molar-refractivity contribution in [1.29, 1.82) is 0 Å². The van der Waals surface area contributed by atoms with E-state index < -0.39 is 0 Å². The van der Waals surface area contributed by atoms with Crippen LogP contribution in [0, 0.1) is 0 Å². The maximum absolute atomic E-state index is 10.8. The van der Waals surface area contributed by atoms with Crippen LogP contribution in [0.2, 0.25) is 0 Å². The average molecular weight is 167 g/mol. The van der Waals surface area contributed by atoms with Gasteiger partial charge in [0.15, 0.2) is 5.42 Å². The first-order valence-electron chi connectivity index (χ1n) is 4.17. The predicted octanol–water partition coefficient (Wildman–Crippen LogP) is 0.349. The molecule has 66 valence electrons. The zero-order valence-electron chi connectivity index (χ0n) is 7.39. The molecule has 0 aromatic carbocycles. The van der Waals surface area contributed by atoms with Crippen LogP contribution < -0.4 is 16.5 Å². The third-order valence-electron chi connectivity index (χ3n) is 1.50. The Morgan fingerprint density at radius 1 is 1.33 bits per heavy atom. The quantitative estimate of drug-likeness (QED) is 0.690. The van der Waals surface area contributed by atoms with Gasteiger partial charge in [-0.1, -0.05) is 19.9 Å². The summed E-state index contributed by atoms with van der Waals surface area (Å²) in [4.78, 5) is 13.4. The average Bonchev–Trinajstić information content (AvgIpc) is 2.33. The highest BCUT2D eigenvalue weighted by molar-refractivity contribution is 5.22. The lowest BCUT2D eigenvalue weighted by atomic mass is 10.3. The second-order valence-electron chi connectivity index (χ2n) is 2.52. The summed E-state index contributed by atoms with van der Waals surface area (Å²) >= 11 is 0. The van der Waals surface area contributed by atoms with Crippen molar-refractivity contribution in [2.45, 2.75) is 26.7 Å². The Kier molecular flexibility index (Phi) is 2.91. The van der Waals surface area contributed by atoms with E-state index in [1.165, 1.54) is 0 Å². The minimum Gasteiger partial charge on any atom is -0.408 e. The fourth-order valence-electron chi connectivity index (χ4n) is 1.04. The van der Waals surface area contributed by atoms with E-state index in [0.29, 0.717) is 5.42 Å². The monoisotopic (exact) mass is 167 g/mol. The molecule has 0 aliphatic carbocycles. The van der Waals surface area contributed by atoms with Gasteiger partial charge in [0.2, 0.25) is 0 Å². The highest BCUT2D eigenvalue weighted by Crippen LogP contribution is 1.74. The van der Waals surface area contributed by atoms with Gasteiger partial charge in [0.25, 0.3) is 0 Å². The highest BCUT2D eigenvalue weighted by atomic mass is 16.4. The predicted molar refractivity (Wildman–Crippen MR) is 48.1 cm³/mol. The van der Waals surface area contributed by atoms with Gasteiger partial charge < -0.3 is 4.42 Å². The Morgan fingerprint density at radius 2 is 2.00 bits per heavy atom. The van der Waals surface area contributed by atoms with Crippen molar-refractivity contribution in [3.63, 3.8) is 0 Å². The van der Waals surface area contributed by atoms with Gasteiger partial charge in [0, 0.05) is 0 Å². The van der Waals surface area contributed by atoms with Gasteiger partial charge in [0.1, 0.15) is 0 Å². The molecule has 0 radical (unpaired) electrons. The molecule has 1 aromatic heterocycles. The van der Waals surface area contributed by atoms with Gasteiger partial charge in [-0.15, -0.1) is 0 Å². The molecule has 1 aromatic rings. The first-order chi connectivity index (χ1) is 5.77. The first kappa shape index (κ1) is 8.84. The molecule has 0 saturated heterocycles. The Bertz CT molecular complexity index is 360. The van der Waals surface area contributed by atoms with Gasteiger partial charge >= 0.3 is 5.76 Å². The number of H-pyrrole nitrogens is 1. The van der Waals surface area contributed by atoms with Crippen LogP contribution in [-0.4, -0.2) is 4.98 Å². The number of aromatic nitrogens is 1. The van der Waals surface area contributed by atoms with E-state index in [9.17, 15) is 4.79 Å². The molecule has 12 heavy (non-hydrogen) atoms. The minimum atomic E-state index is -0.380. The molecular formula is C9H13NO2. The standard InChI is InChI=1S/C9H13NO2/c1-3-5-7-8(6-4-2)12-9(11)10-7/h5-6H,3-4H2,1-2H3,(H,10,11)/b7-5+,8-6+. The Balaban J connectivity index is 3.37. The molecule has 0 unspecified atom stereocenters. The Morgan fingerprint density at radius 3 is 2.58 bits per heavy atom. The van der Waals surface area contributed by atoms with E-state index in [4.69, 9.17) is 4.42 Å². The molecule has 1 heterocycles. The van der Waals surface area contributed by atoms with E-state index >= 15 is 0 Å². The summed E-state index contributed by atoms with van der Waals surface area (Å²) in [7, 11) is 0. The van der Waals surface area contributed by atoms with Crippen LogP contribution in [0.25, 0.3) is 12.2 Å². The van der Waals surface area contributed by atoms with Gasteiger partial charge in [-0.05, 0) is 18.9 Å². The third-order valence-corrected chi connectivity index (χ3v) is 1.50. The zero-order valence-corrected chi connectivity index (χ0v) is 7.39. The second kappa shape index (κ2) is 3.95. The number of hydrogen-bond donors (Lipinski definition) is 1. The molecule has 0 bridgehead atoms. The molecule has 0 amide bonds. The van der Waals surface area contributed by atoms with Crippen LogP contribution in [0.3, 0.4) is 0 Å². The zero-order chi connectivity index (χ0) is 8.97. The largest absolute Gasteiger partial charge is 0.417 e. The number of aromatic amines is 1. The smallest absolute Gasteiger partial charge is 0.408 e. The molecule has 1 N–H and O–H groups in total. The van der Waals surface area contributed by atoms with E-state index in [1.54, 1.807) is 0 Å². The van der Waals surface area contributed by atoms with Crippen molar-refractivity contribution >= 4 is 12.2 Å². The molecular weight excluding hydrogens is 154 g/mol. The fraction of sp³-hybridized carbons (Fsp3) is 0.444. The Hall–Kier alpha value is -1.25. The lowest BCUT2D eigenvalue weighted by Gasteiger charge is -1.76. The lowest BCUT2D eigenvalue weighted by molar-refractivity contribution is 0.484. The normalized spacial score (nSPS) is 14.2. The molecule has 1 rings (SSSR count). The summed E-state index contributed by atoms with van der Waals surface area (Å²) in [6.45, 7) is 4.02. The van der Waals surface area contributed by atoms with Crippen LogP contribution in [0.1, 0.15) is 26.7 Å². The first-order valence-corrected chi connectivity index (χ1v) is 4.17. The maximum atomic E-state index is 10.8. The summed E-state index contributed by atoms with van der Waals surface area (Å²) in [5.74, 6) is -0.380. The molecule has 0 saturated carbocycles. The van der Waals surface area contributed by atoms with Crippen molar-refractivity contribution in [1.82, 2.24) is 4.98 Å². The van der Waals surface area contributed by atoms with Crippen molar-refractivity contribution < 1.29 is 4.42 Å². The molecule has 0 aliphatic heterocycles. The molecule has 0 aliphatic rings. The summed E-state index contributed by atoms with van der Waals surface area (Å²) in [6.07, 6.45) is 5.58. The van der Waals surface area contributed by atoms with Gasteiger partial charge in [0.05, 0.1) is 5.35 Å². The van der Waals surface area contributed by atoms with Gasteiger partial charge in [-0.25, -0.2) is 4.79 Å². The number of hydrogen-bond acceptors (Lipinski definition) is 2. The van der Waals surface area contributed by atoms with Crippen LogP contribution in [0.15, 0.2) is 9.21 Å². The van der Waals surface area contributed by atoms with Crippen LogP contribution >= 0.6 is 0 Å². The molecule has 3 nitrogen and oxygen atoms in total. The van der Waals surface area contributed by atoms with Crippen LogP contribution in [0.5, 0.6) is 0 Å². The SMILES string of the molecule is CC/C=c1/[nH]c(=O)o/c1=C/CC. The second-order valence-corrected chi connectivity index (χ2v) is 2.52. The van der Waals surface area contributed by atoms with E-state index in [1.807, 2.05) is 26.0 Å². The molecule has 0 fully saturated rings. The van der Waals surface area contributed by atoms with Crippen LogP contribution in [-0.2, 0) is 0 Å². The van der Waals surface area contributed by atoms with Crippen molar-refractivity contribution in [3.05, 3.63) is 21.3 Å². The highest BCUT2D eigenvalue weighted by Gasteiger charge is 1.91. The summed E-state index contributed by atoms with van der Waals surface area (Å²) in [6, 6.07) is 0. The lowest BCUT2D eigenvalue weighted by Crippen LogP contribution is -2.21. The third kappa shape index (κ3) is 1.87. The van der Waals surface area contributed by atoms with Crippen molar-refractivity contribution in [2.24, 2.45) is 0 Å². The maximum Gasteiger partial charge on any atom is 0.417 e. The van der Waals surface area contributed by atoms with Crippen molar-refractivity contribution in [2.75, 3.05) is 0 Å². The van der Waals surface area contributed by atoms with Crippen LogP contribution in [0.4, 0.5) is 0 Å². The molecule has 0 atom stereocenters. The molecule has 3 heteroatoms. The van der Waals surface area contributed by atoms with E-state index in [2.05, 4.69) is 4.98 Å². The number of oxazole rings is 1. The van der Waals surface area contributed by atoms with E-state index in [0.717, 1.165) is 18.2 Å². The van der Waals surface area contributed by atoms with Gasteiger partial charge in [-0.3, -0.25) is 4.98 Å². The topological polar surface area (TPSA) is 46.0 Å². The van der Waals surface area contributed by atoms with Gasteiger partial charge in [-0.2, -0.15) is 0 Å². The minimum absolute atomic E-state index is 0.380. The summed E-state index contributed by atoms with van der Waals surface area (Å²) in [5, 5.41) is 0.796. The summed E-state index contributed by atoms with van der Waals surface area (Å²) in [5.41, 5.74) is 0.657. The van der Waals surface area contributed by atoms with Crippen molar-refractivity contribution in [3.8, 4) is 0 Å². The van der Waals surface area contributed by atoms with E-state index in [-0.39, 0.29) is 5.76 Å². The Labute approximate surface area is 70.4 Å².